The minimum atomic E-state index is -0.290. The van der Waals surface area contributed by atoms with Gasteiger partial charge in [0.25, 0.3) is 0 Å². The van der Waals surface area contributed by atoms with E-state index in [4.69, 9.17) is 4.74 Å². The molecule has 0 saturated heterocycles. The van der Waals surface area contributed by atoms with E-state index in [1.807, 2.05) is 10.6 Å². The Morgan fingerprint density at radius 2 is 2.29 bits per heavy atom. The molecule has 7 heteroatoms. The van der Waals surface area contributed by atoms with Gasteiger partial charge in [0.15, 0.2) is 5.16 Å². The number of aliphatic hydroxyl groups is 1. The topological polar surface area (TPSA) is 64.3 Å². The van der Waals surface area contributed by atoms with E-state index in [9.17, 15) is 14.3 Å². The first-order valence-electron chi connectivity index (χ1n) is 7.82. The maximum atomic E-state index is 13.3. The van der Waals surface area contributed by atoms with Gasteiger partial charge in [0.05, 0.1) is 31.6 Å². The normalized spacial score (nSPS) is 10.8. The van der Waals surface area contributed by atoms with Crippen LogP contribution in [-0.2, 0) is 22.7 Å². The van der Waals surface area contributed by atoms with Crippen LogP contribution in [0.4, 0.5) is 4.39 Å². The number of carbonyl (C=O) groups is 1. The smallest absolute Gasteiger partial charge is 0.305 e. The highest BCUT2D eigenvalue weighted by atomic mass is 32.2. The van der Waals surface area contributed by atoms with Gasteiger partial charge in [-0.2, -0.15) is 0 Å². The number of imidazole rings is 1. The van der Waals surface area contributed by atoms with Crippen LogP contribution in [0.5, 0.6) is 0 Å². The fourth-order valence-electron chi connectivity index (χ4n) is 2.23. The molecule has 0 saturated carbocycles. The van der Waals surface area contributed by atoms with Gasteiger partial charge in [-0.3, -0.25) is 4.79 Å². The van der Waals surface area contributed by atoms with Crippen molar-refractivity contribution >= 4 is 17.7 Å². The molecule has 0 fully saturated rings. The Labute approximate surface area is 144 Å². The van der Waals surface area contributed by atoms with E-state index in [2.05, 4.69) is 4.98 Å². The number of rotatable bonds is 9. The Hall–Kier alpha value is -1.86. The summed E-state index contributed by atoms with van der Waals surface area (Å²) in [5.74, 6) is 0.225. The molecule has 1 N–H and O–H groups in total. The molecular formula is C17H21FN2O3S. The molecule has 0 radical (unpaired) electrons. The van der Waals surface area contributed by atoms with Crippen molar-refractivity contribution < 1.29 is 19.0 Å². The van der Waals surface area contributed by atoms with Crippen molar-refractivity contribution in [2.24, 2.45) is 0 Å². The van der Waals surface area contributed by atoms with Crippen LogP contribution in [0.2, 0.25) is 0 Å². The van der Waals surface area contributed by atoms with Crippen LogP contribution in [0.1, 0.15) is 31.0 Å². The van der Waals surface area contributed by atoms with Crippen LogP contribution in [0, 0.1) is 5.82 Å². The molecule has 0 amide bonds. The average molecular weight is 352 g/mol. The van der Waals surface area contributed by atoms with Gasteiger partial charge in [-0.05, 0) is 31.0 Å². The Balaban J connectivity index is 1.98. The first-order chi connectivity index (χ1) is 11.6. The van der Waals surface area contributed by atoms with Crippen molar-refractivity contribution in [1.82, 2.24) is 9.55 Å². The Morgan fingerprint density at radius 1 is 1.46 bits per heavy atom. The zero-order chi connectivity index (χ0) is 17.4. The van der Waals surface area contributed by atoms with E-state index in [1.165, 1.54) is 23.9 Å². The van der Waals surface area contributed by atoms with Gasteiger partial charge >= 0.3 is 5.97 Å². The first-order valence-corrected chi connectivity index (χ1v) is 8.80. The van der Waals surface area contributed by atoms with Crippen LogP contribution in [0.3, 0.4) is 0 Å². The average Bonchev–Trinajstić information content (AvgIpc) is 2.94. The molecule has 24 heavy (non-hydrogen) atoms. The van der Waals surface area contributed by atoms with Crippen LogP contribution in [0.25, 0.3) is 0 Å². The highest BCUT2D eigenvalue weighted by Crippen LogP contribution is 2.22. The van der Waals surface area contributed by atoms with Gasteiger partial charge < -0.3 is 14.4 Å². The van der Waals surface area contributed by atoms with Crippen molar-refractivity contribution in [3.63, 3.8) is 0 Å². The lowest BCUT2D eigenvalue weighted by Crippen LogP contribution is -2.07. The van der Waals surface area contributed by atoms with Gasteiger partial charge in [-0.15, -0.1) is 0 Å². The van der Waals surface area contributed by atoms with Gasteiger partial charge in [0, 0.05) is 12.2 Å². The summed E-state index contributed by atoms with van der Waals surface area (Å²) in [5, 5.41) is 10.2. The number of hydrogen-bond acceptors (Lipinski definition) is 5. The molecule has 5 nitrogen and oxygen atoms in total. The number of nitrogens with zero attached hydrogens (tertiary/aromatic N) is 2. The minimum Gasteiger partial charge on any atom is -0.466 e. The van der Waals surface area contributed by atoms with Crippen molar-refractivity contribution in [1.29, 1.82) is 0 Å². The highest BCUT2D eigenvalue weighted by molar-refractivity contribution is 7.99. The summed E-state index contributed by atoms with van der Waals surface area (Å²) in [4.78, 5) is 15.6. The highest BCUT2D eigenvalue weighted by Gasteiger charge is 2.11. The second kappa shape index (κ2) is 9.44. The number of ether oxygens (including phenoxy) is 1. The predicted octanol–water partition coefficient (Wildman–Crippen LogP) is 3.00. The van der Waals surface area contributed by atoms with E-state index in [-0.39, 0.29) is 18.4 Å². The molecule has 130 valence electrons. The molecule has 2 aromatic rings. The maximum absolute atomic E-state index is 13.3. The molecule has 0 spiro atoms. The number of benzene rings is 1. The van der Waals surface area contributed by atoms with E-state index in [0.29, 0.717) is 37.4 Å². The lowest BCUT2D eigenvalue weighted by Gasteiger charge is -2.11. The molecule has 1 heterocycles. The van der Waals surface area contributed by atoms with E-state index < -0.39 is 0 Å². The number of aliphatic hydroxyl groups excluding tert-OH is 1. The third-order valence-electron chi connectivity index (χ3n) is 3.36. The van der Waals surface area contributed by atoms with Crippen LogP contribution in [-0.4, -0.2) is 33.0 Å². The molecule has 0 unspecified atom stereocenters. The lowest BCUT2D eigenvalue weighted by molar-refractivity contribution is -0.143. The third-order valence-corrected chi connectivity index (χ3v) is 4.43. The molecule has 1 aromatic carbocycles. The molecule has 0 aliphatic rings. The van der Waals surface area contributed by atoms with Crippen LogP contribution < -0.4 is 0 Å². The van der Waals surface area contributed by atoms with Crippen LogP contribution >= 0.6 is 11.8 Å². The van der Waals surface area contributed by atoms with E-state index in [0.717, 1.165) is 10.7 Å². The van der Waals surface area contributed by atoms with Gasteiger partial charge in [-0.25, -0.2) is 9.37 Å². The fourth-order valence-corrected chi connectivity index (χ4v) is 3.17. The molecule has 0 aliphatic heterocycles. The van der Waals surface area contributed by atoms with Crippen LogP contribution in [0.15, 0.2) is 35.6 Å². The fraction of sp³-hybridized carbons (Fsp3) is 0.412. The molecule has 2 rings (SSSR count). The van der Waals surface area contributed by atoms with E-state index >= 15 is 0 Å². The summed E-state index contributed by atoms with van der Waals surface area (Å²) in [6, 6.07) is 6.36. The van der Waals surface area contributed by atoms with Gasteiger partial charge in [-0.1, -0.05) is 23.9 Å². The van der Waals surface area contributed by atoms with Crippen molar-refractivity contribution in [2.75, 3.05) is 12.4 Å². The van der Waals surface area contributed by atoms with Crippen molar-refractivity contribution in [3.8, 4) is 0 Å². The molecule has 1 aromatic heterocycles. The Kier molecular flexibility index (Phi) is 7.27. The zero-order valence-corrected chi connectivity index (χ0v) is 14.4. The second-order valence-electron chi connectivity index (χ2n) is 5.16. The maximum Gasteiger partial charge on any atom is 0.305 e. The molecule has 0 atom stereocenters. The molecule has 0 bridgehead atoms. The zero-order valence-electron chi connectivity index (χ0n) is 13.6. The van der Waals surface area contributed by atoms with Gasteiger partial charge in [0.1, 0.15) is 5.82 Å². The van der Waals surface area contributed by atoms with Crippen molar-refractivity contribution in [2.45, 2.75) is 38.1 Å². The number of hydrogen-bond donors (Lipinski definition) is 1. The third kappa shape index (κ3) is 5.35. The summed E-state index contributed by atoms with van der Waals surface area (Å²) < 4.78 is 20.1. The summed E-state index contributed by atoms with van der Waals surface area (Å²) in [6.45, 7) is 2.48. The Bertz CT molecular complexity index is 676. The monoisotopic (exact) mass is 352 g/mol. The summed E-state index contributed by atoms with van der Waals surface area (Å²) >= 11 is 1.51. The number of thioether (sulfide) groups is 1. The Morgan fingerprint density at radius 3 is 3.00 bits per heavy atom. The quantitative estimate of drug-likeness (QED) is 0.427. The molecule has 0 aliphatic carbocycles. The standard InChI is InChI=1S/C17H21FN2O3S/c1-2-23-16(22)7-4-8-24-17-19-10-15(12-21)20(17)11-13-5-3-6-14(18)9-13/h3,5-6,9-10,21H,2,4,7-8,11-12H2,1H3. The predicted molar refractivity (Wildman–Crippen MR) is 90.2 cm³/mol. The summed E-state index contributed by atoms with van der Waals surface area (Å²) in [7, 11) is 0. The van der Waals surface area contributed by atoms with E-state index in [1.54, 1.807) is 19.2 Å². The number of halogens is 1. The summed E-state index contributed by atoms with van der Waals surface area (Å²) in [5.41, 5.74) is 1.48. The number of carbonyl (C=O) groups excluding carboxylic acids is 1. The second-order valence-corrected chi connectivity index (χ2v) is 6.23. The number of aromatic nitrogens is 2. The largest absolute Gasteiger partial charge is 0.466 e. The first kappa shape index (κ1) is 18.5. The minimum absolute atomic E-state index is 0.133. The molecular weight excluding hydrogens is 331 g/mol. The van der Waals surface area contributed by atoms with Gasteiger partial charge in [0.2, 0.25) is 0 Å². The summed E-state index contributed by atoms with van der Waals surface area (Å²) in [6.07, 6.45) is 2.68. The van der Waals surface area contributed by atoms with Crippen molar-refractivity contribution in [3.05, 3.63) is 47.5 Å². The SMILES string of the molecule is CCOC(=O)CCCSc1ncc(CO)n1Cc1cccc(F)c1. The lowest BCUT2D eigenvalue weighted by atomic mass is 10.2. The number of esters is 1.